The first-order valence-corrected chi connectivity index (χ1v) is 13.5. The number of pyridine rings is 1. The van der Waals surface area contributed by atoms with Gasteiger partial charge in [0.1, 0.15) is 21.8 Å². The van der Waals surface area contributed by atoms with E-state index < -0.39 is 0 Å². The number of aromatic nitrogens is 1. The van der Waals surface area contributed by atoms with Gasteiger partial charge in [-0.15, -0.1) is 0 Å². The number of hydrogen-bond donors (Lipinski definition) is 0. The molecule has 2 aliphatic heterocycles. The number of anilines is 1. The number of nitrogens with zero attached hydrogens (tertiary/aromatic N) is 5. The second-order valence-electron chi connectivity index (χ2n) is 8.68. The summed E-state index contributed by atoms with van der Waals surface area (Å²) in [5.74, 6) is 0.546. The molecule has 1 aromatic heterocycles. The highest BCUT2D eigenvalue weighted by molar-refractivity contribution is 8.26. The van der Waals surface area contributed by atoms with Gasteiger partial charge in [0.05, 0.1) is 11.4 Å². The van der Waals surface area contributed by atoms with E-state index in [2.05, 4.69) is 22.8 Å². The highest BCUT2D eigenvalue weighted by atomic mass is 35.5. The molecule has 0 saturated carbocycles. The molecule has 188 valence electrons. The van der Waals surface area contributed by atoms with Crippen LogP contribution >= 0.6 is 35.6 Å². The van der Waals surface area contributed by atoms with E-state index in [4.69, 9.17) is 23.8 Å². The van der Waals surface area contributed by atoms with Crippen molar-refractivity contribution in [2.24, 2.45) is 0 Å². The lowest BCUT2D eigenvalue weighted by molar-refractivity contribution is -0.122. The first-order chi connectivity index (χ1) is 17.3. The van der Waals surface area contributed by atoms with Gasteiger partial charge >= 0.3 is 0 Å². The maximum absolute atomic E-state index is 13.4. The molecular formula is C26H28ClN5O2S2. The van der Waals surface area contributed by atoms with Gasteiger partial charge in [-0.05, 0) is 43.7 Å². The minimum atomic E-state index is -0.297. The van der Waals surface area contributed by atoms with Crippen molar-refractivity contribution in [3.05, 3.63) is 66.8 Å². The van der Waals surface area contributed by atoms with E-state index in [9.17, 15) is 14.9 Å². The van der Waals surface area contributed by atoms with E-state index >= 15 is 0 Å². The molecule has 1 amide bonds. The van der Waals surface area contributed by atoms with Crippen LogP contribution in [0.4, 0.5) is 5.82 Å². The Morgan fingerprint density at radius 2 is 1.83 bits per heavy atom. The summed E-state index contributed by atoms with van der Waals surface area (Å²) >= 11 is 13.1. The molecule has 0 aliphatic carbocycles. The maximum Gasteiger partial charge on any atom is 0.270 e. The Hall–Kier alpha value is -2.64. The summed E-state index contributed by atoms with van der Waals surface area (Å²) in [6, 6.07) is 9.47. The predicted molar refractivity (Wildman–Crippen MR) is 150 cm³/mol. The lowest BCUT2D eigenvalue weighted by Crippen LogP contribution is -2.48. The molecule has 0 N–H and O–H groups in total. The Morgan fingerprint density at radius 1 is 1.14 bits per heavy atom. The van der Waals surface area contributed by atoms with E-state index in [-0.39, 0.29) is 23.6 Å². The summed E-state index contributed by atoms with van der Waals surface area (Å²) in [5.41, 5.74) is 1.92. The number of amides is 1. The highest BCUT2D eigenvalue weighted by Gasteiger charge is 2.34. The molecule has 0 radical (unpaired) electrons. The van der Waals surface area contributed by atoms with Gasteiger partial charge in [0.15, 0.2) is 0 Å². The molecule has 0 atom stereocenters. The van der Waals surface area contributed by atoms with Crippen molar-refractivity contribution in [3.63, 3.8) is 0 Å². The number of hydrogen-bond acceptors (Lipinski definition) is 7. The topological polar surface area (TPSA) is 72.6 Å². The molecule has 2 fully saturated rings. The third kappa shape index (κ3) is 4.96. The molecule has 4 rings (SSSR count). The number of thioether (sulfide) groups is 1. The number of rotatable bonds is 6. The first-order valence-electron chi connectivity index (χ1n) is 11.9. The van der Waals surface area contributed by atoms with Gasteiger partial charge < -0.3 is 9.80 Å². The lowest BCUT2D eigenvalue weighted by atomic mass is 10.0. The van der Waals surface area contributed by atoms with Crippen molar-refractivity contribution in [1.29, 1.82) is 5.26 Å². The van der Waals surface area contributed by atoms with Crippen molar-refractivity contribution in [1.82, 2.24) is 14.4 Å². The summed E-state index contributed by atoms with van der Waals surface area (Å²) in [7, 11) is 0. The Bertz CT molecular complexity index is 1340. The van der Waals surface area contributed by atoms with Crippen molar-refractivity contribution < 1.29 is 4.79 Å². The molecule has 2 saturated heterocycles. The minimum absolute atomic E-state index is 0.102. The Labute approximate surface area is 225 Å². The molecule has 7 nitrogen and oxygen atoms in total. The normalized spacial score (nSPS) is 17.8. The van der Waals surface area contributed by atoms with Crippen LogP contribution in [0.15, 0.2) is 34.0 Å². The van der Waals surface area contributed by atoms with E-state index in [1.165, 1.54) is 11.8 Å². The molecular weight excluding hydrogens is 514 g/mol. The zero-order valence-electron chi connectivity index (χ0n) is 20.6. The molecule has 1 aromatic carbocycles. The third-order valence-corrected chi connectivity index (χ3v) is 8.46. The van der Waals surface area contributed by atoms with E-state index in [0.29, 0.717) is 26.4 Å². The van der Waals surface area contributed by atoms with E-state index in [1.807, 2.05) is 25.1 Å². The SMILES string of the molecule is CCN1CCN(c2c(/C=C3\SC(=S)N(Cc4ccccc4Cl)C3=O)c(C)c(C#N)c(=O)n2CC)CC1. The van der Waals surface area contributed by atoms with Crippen LogP contribution in [0.25, 0.3) is 6.08 Å². The Kier molecular flexibility index (Phi) is 8.20. The number of piperazine rings is 1. The molecule has 36 heavy (non-hydrogen) atoms. The van der Waals surface area contributed by atoms with Gasteiger partial charge in [-0.1, -0.05) is 60.7 Å². The lowest BCUT2D eigenvalue weighted by Gasteiger charge is -2.37. The van der Waals surface area contributed by atoms with Crippen LogP contribution < -0.4 is 10.5 Å². The summed E-state index contributed by atoms with van der Waals surface area (Å²) in [4.78, 5) is 33.2. The van der Waals surface area contributed by atoms with Crippen LogP contribution in [-0.2, 0) is 17.9 Å². The highest BCUT2D eigenvalue weighted by Crippen LogP contribution is 2.37. The number of carbonyl (C=O) groups excluding carboxylic acids is 1. The van der Waals surface area contributed by atoms with Crippen LogP contribution in [0.5, 0.6) is 0 Å². The predicted octanol–water partition coefficient (Wildman–Crippen LogP) is 4.25. The summed E-state index contributed by atoms with van der Waals surface area (Å²) in [6.45, 7) is 10.8. The van der Waals surface area contributed by atoms with E-state index in [1.54, 1.807) is 28.5 Å². The molecule has 2 aliphatic rings. The molecule has 0 unspecified atom stereocenters. The van der Waals surface area contributed by atoms with Crippen molar-refractivity contribution >= 4 is 57.7 Å². The fraction of sp³-hybridized carbons (Fsp3) is 0.385. The fourth-order valence-electron chi connectivity index (χ4n) is 4.62. The van der Waals surface area contributed by atoms with Gasteiger partial charge in [0.2, 0.25) is 0 Å². The number of nitriles is 1. The van der Waals surface area contributed by atoms with Crippen LogP contribution in [-0.4, -0.2) is 57.3 Å². The van der Waals surface area contributed by atoms with Crippen molar-refractivity contribution in [3.8, 4) is 6.07 Å². The number of carbonyl (C=O) groups is 1. The van der Waals surface area contributed by atoms with Crippen molar-refractivity contribution in [2.45, 2.75) is 33.9 Å². The average Bonchev–Trinajstić information content (AvgIpc) is 3.14. The summed E-state index contributed by atoms with van der Waals surface area (Å²) in [5, 5.41) is 10.4. The molecule has 0 spiro atoms. The van der Waals surface area contributed by atoms with Gasteiger partial charge in [-0.25, -0.2) is 0 Å². The second-order valence-corrected chi connectivity index (χ2v) is 10.8. The van der Waals surface area contributed by atoms with Crippen LogP contribution in [0.2, 0.25) is 5.02 Å². The molecule has 2 aromatic rings. The smallest absolute Gasteiger partial charge is 0.270 e. The van der Waals surface area contributed by atoms with Gasteiger partial charge in [-0.2, -0.15) is 5.26 Å². The second kappa shape index (κ2) is 11.2. The molecule has 0 bridgehead atoms. The van der Waals surface area contributed by atoms with Gasteiger partial charge in [0.25, 0.3) is 11.5 Å². The van der Waals surface area contributed by atoms with Crippen LogP contribution in [0, 0.1) is 18.3 Å². The minimum Gasteiger partial charge on any atom is -0.355 e. The summed E-state index contributed by atoms with van der Waals surface area (Å²) in [6.07, 6.45) is 1.80. The summed E-state index contributed by atoms with van der Waals surface area (Å²) < 4.78 is 2.11. The maximum atomic E-state index is 13.4. The number of likely N-dealkylation sites (N-methyl/N-ethyl adjacent to an activating group) is 1. The largest absolute Gasteiger partial charge is 0.355 e. The van der Waals surface area contributed by atoms with E-state index in [0.717, 1.165) is 49.7 Å². The number of halogens is 1. The van der Waals surface area contributed by atoms with Gasteiger partial charge in [-0.3, -0.25) is 19.1 Å². The monoisotopic (exact) mass is 541 g/mol. The number of benzene rings is 1. The number of thiocarbonyl (C=S) groups is 1. The van der Waals surface area contributed by atoms with Gasteiger partial charge in [0, 0.05) is 43.3 Å². The Balaban J connectivity index is 1.79. The standard InChI is InChI=1S/C26H28ClN5O2S2/c1-4-29-10-12-30(13-11-29)23-19(17(3)20(15-28)24(33)31(23)5-2)14-22-25(34)32(26(35)36-22)16-18-8-6-7-9-21(18)27/h6-9,14H,4-5,10-13,16H2,1-3H3/b22-14-. The Morgan fingerprint density at radius 3 is 2.44 bits per heavy atom. The quantitative estimate of drug-likeness (QED) is 0.400. The average molecular weight is 542 g/mol. The molecule has 10 heteroatoms. The first kappa shape index (κ1) is 26.4. The van der Waals surface area contributed by atoms with Crippen LogP contribution in [0.1, 0.15) is 36.1 Å². The van der Waals surface area contributed by atoms with Crippen LogP contribution in [0.3, 0.4) is 0 Å². The van der Waals surface area contributed by atoms with Crippen molar-refractivity contribution in [2.75, 3.05) is 37.6 Å². The third-order valence-electron chi connectivity index (χ3n) is 6.72. The zero-order chi connectivity index (χ0) is 26.0. The fourth-order valence-corrected chi connectivity index (χ4v) is 6.05. The molecule has 3 heterocycles. The zero-order valence-corrected chi connectivity index (χ0v) is 23.0.